The number of fused-ring (bicyclic) bond motifs is 4. The number of nitrogens with zero attached hydrogens (tertiary/aromatic N) is 2. The molecular formula is C23H23F2N3O4. The maximum absolute atomic E-state index is 14.1. The minimum Gasteiger partial charge on any atom is -0.503 e. The van der Waals surface area contributed by atoms with E-state index in [1.165, 1.54) is 27.8 Å². The number of carbonyl (C=O) groups excluding carboxylic acids is 2. The zero-order chi connectivity index (χ0) is 23.2. The van der Waals surface area contributed by atoms with E-state index in [-0.39, 0.29) is 35.8 Å². The predicted octanol–water partition coefficient (Wildman–Crippen LogP) is 2.47. The lowest BCUT2D eigenvalue weighted by Crippen LogP contribution is -2.49. The predicted molar refractivity (Wildman–Crippen MR) is 113 cm³/mol. The van der Waals surface area contributed by atoms with Crippen molar-refractivity contribution in [2.45, 2.75) is 32.5 Å². The maximum Gasteiger partial charge on any atom is 0.275 e. The van der Waals surface area contributed by atoms with Gasteiger partial charge in [-0.3, -0.25) is 14.4 Å². The van der Waals surface area contributed by atoms with Crippen LogP contribution in [-0.2, 0) is 6.54 Å². The van der Waals surface area contributed by atoms with Crippen LogP contribution in [0.2, 0.25) is 0 Å². The molecule has 7 nitrogen and oxygen atoms in total. The second-order valence-corrected chi connectivity index (χ2v) is 8.24. The van der Waals surface area contributed by atoms with Gasteiger partial charge < -0.3 is 19.9 Å². The van der Waals surface area contributed by atoms with Crippen LogP contribution in [0.1, 0.15) is 44.9 Å². The lowest BCUT2D eigenvalue weighted by Gasteiger charge is -2.38. The number of hydrogen-bond acceptors (Lipinski definition) is 4. The van der Waals surface area contributed by atoms with Crippen molar-refractivity contribution in [1.82, 2.24) is 14.8 Å². The third-order valence-corrected chi connectivity index (χ3v) is 6.11. The number of benzene rings is 1. The molecular weight excluding hydrogens is 420 g/mol. The fraction of sp³-hybridized carbons (Fsp3) is 0.348. The smallest absolute Gasteiger partial charge is 0.275 e. The SMILES string of the molecule is Cc1ccc(CNC(=O)c2cn3c(c(O)c2=O)C(=O)N2CC3C(C)C=CC2CF)c(F)c1. The summed E-state index contributed by atoms with van der Waals surface area (Å²) in [6, 6.07) is 3.39. The van der Waals surface area contributed by atoms with Gasteiger partial charge in [0.2, 0.25) is 5.43 Å². The molecule has 0 saturated carbocycles. The average molecular weight is 443 g/mol. The van der Waals surface area contributed by atoms with Crippen molar-refractivity contribution < 1.29 is 23.5 Å². The number of aromatic hydroxyl groups is 1. The summed E-state index contributed by atoms with van der Waals surface area (Å²) in [5.74, 6) is -2.96. The standard InChI is InChI=1S/C23H23F2N3O4/c1-12-3-5-14(17(25)7-12)9-26-22(31)16-10-28-18-11-27(15(8-24)6-4-13(18)2)23(32)19(28)21(30)20(16)29/h3-7,10,13,15,18,30H,8-9,11H2,1-2H3,(H,26,31). The number of allylic oxidation sites excluding steroid dienone is 1. The zero-order valence-corrected chi connectivity index (χ0v) is 17.6. The Morgan fingerprint density at radius 1 is 1.28 bits per heavy atom. The second-order valence-electron chi connectivity index (χ2n) is 8.24. The molecule has 2 aliphatic heterocycles. The molecule has 2 amide bonds. The molecule has 2 N–H and O–H groups in total. The van der Waals surface area contributed by atoms with Crippen molar-refractivity contribution in [3.63, 3.8) is 0 Å². The highest BCUT2D eigenvalue weighted by Gasteiger charge is 2.40. The number of aryl methyl sites for hydroxylation is 1. The van der Waals surface area contributed by atoms with Crippen molar-refractivity contribution in [1.29, 1.82) is 0 Å². The molecule has 0 aliphatic carbocycles. The van der Waals surface area contributed by atoms with E-state index in [2.05, 4.69) is 5.32 Å². The molecule has 9 heteroatoms. The monoisotopic (exact) mass is 443 g/mol. The molecule has 0 saturated heterocycles. The van der Waals surface area contributed by atoms with Crippen LogP contribution in [0.15, 0.2) is 41.3 Å². The lowest BCUT2D eigenvalue weighted by molar-refractivity contribution is 0.0574. The third-order valence-electron chi connectivity index (χ3n) is 6.11. The van der Waals surface area contributed by atoms with Gasteiger partial charge in [-0.25, -0.2) is 8.78 Å². The molecule has 0 spiro atoms. The Bertz CT molecular complexity index is 1190. The van der Waals surface area contributed by atoms with Crippen LogP contribution in [0.4, 0.5) is 8.78 Å². The molecule has 2 aromatic rings. The van der Waals surface area contributed by atoms with Crippen molar-refractivity contribution in [3.05, 3.63) is 75.0 Å². The van der Waals surface area contributed by atoms with Crippen LogP contribution < -0.4 is 10.7 Å². The number of nitrogens with one attached hydrogen (secondary N) is 1. The van der Waals surface area contributed by atoms with E-state index in [9.17, 15) is 28.3 Å². The van der Waals surface area contributed by atoms with Gasteiger partial charge in [-0.2, -0.15) is 0 Å². The highest BCUT2D eigenvalue weighted by atomic mass is 19.1. The number of halogens is 2. The fourth-order valence-electron chi connectivity index (χ4n) is 4.21. The summed E-state index contributed by atoms with van der Waals surface area (Å²) in [7, 11) is 0. The minimum atomic E-state index is -1.01. The molecule has 168 valence electrons. The van der Waals surface area contributed by atoms with Gasteiger partial charge in [0.05, 0.1) is 12.1 Å². The summed E-state index contributed by atoms with van der Waals surface area (Å²) in [4.78, 5) is 39.7. The van der Waals surface area contributed by atoms with E-state index in [0.29, 0.717) is 0 Å². The molecule has 0 fully saturated rings. The average Bonchev–Trinajstić information content (AvgIpc) is 2.90. The second kappa shape index (κ2) is 8.22. The highest BCUT2D eigenvalue weighted by Crippen LogP contribution is 2.34. The molecule has 4 rings (SSSR count). The highest BCUT2D eigenvalue weighted by molar-refractivity contribution is 5.99. The third kappa shape index (κ3) is 3.57. The summed E-state index contributed by atoms with van der Waals surface area (Å²) < 4.78 is 29.0. The Kier molecular flexibility index (Phi) is 5.58. The van der Waals surface area contributed by atoms with E-state index >= 15 is 0 Å². The number of aromatic nitrogens is 1. The number of hydrogen-bond donors (Lipinski definition) is 2. The van der Waals surface area contributed by atoms with Gasteiger partial charge in [-0.15, -0.1) is 0 Å². The van der Waals surface area contributed by atoms with Crippen LogP contribution in [-0.4, -0.2) is 45.6 Å². The van der Waals surface area contributed by atoms with Crippen LogP contribution in [0.25, 0.3) is 0 Å². The van der Waals surface area contributed by atoms with Crippen LogP contribution in [0.5, 0.6) is 5.75 Å². The molecule has 3 unspecified atom stereocenters. The normalized spacial score (nSPS) is 21.8. The Hall–Kier alpha value is -3.49. The molecule has 1 aromatic heterocycles. The van der Waals surface area contributed by atoms with E-state index in [1.807, 2.05) is 6.92 Å². The van der Waals surface area contributed by atoms with Crippen molar-refractivity contribution in [2.75, 3.05) is 13.2 Å². The first-order valence-corrected chi connectivity index (χ1v) is 10.3. The molecule has 2 aliphatic rings. The molecule has 3 atom stereocenters. The van der Waals surface area contributed by atoms with Gasteiger partial charge in [0.15, 0.2) is 11.4 Å². The minimum absolute atomic E-state index is 0.152. The maximum atomic E-state index is 14.1. The van der Waals surface area contributed by atoms with E-state index in [0.717, 1.165) is 5.56 Å². The number of carbonyl (C=O) groups is 2. The summed E-state index contributed by atoms with van der Waals surface area (Å²) >= 11 is 0. The van der Waals surface area contributed by atoms with E-state index < -0.39 is 47.6 Å². The van der Waals surface area contributed by atoms with E-state index in [4.69, 9.17) is 0 Å². The van der Waals surface area contributed by atoms with Crippen LogP contribution in [0, 0.1) is 18.7 Å². The Morgan fingerprint density at radius 2 is 2.03 bits per heavy atom. The Morgan fingerprint density at radius 3 is 2.72 bits per heavy atom. The molecule has 2 bridgehead atoms. The van der Waals surface area contributed by atoms with Crippen molar-refractivity contribution in [3.8, 4) is 5.75 Å². The number of amides is 2. The van der Waals surface area contributed by atoms with Crippen molar-refractivity contribution in [2.24, 2.45) is 5.92 Å². The van der Waals surface area contributed by atoms with Gasteiger partial charge in [0.1, 0.15) is 18.1 Å². The molecule has 3 heterocycles. The summed E-state index contributed by atoms with van der Waals surface area (Å²) in [5.41, 5.74) is -0.653. The quantitative estimate of drug-likeness (QED) is 0.711. The van der Waals surface area contributed by atoms with Gasteiger partial charge in [0, 0.05) is 24.8 Å². The largest absolute Gasteiger partial charge is 0.503 e. The lowest BCUT2D eigenvalue weighted by atomic mass is 9.98. The van der Waals surface area contributed by atoms with Gasteiger partial charge >= 0.3 is 0 Å². The first kappa shape index (κ1) is 21.7. The summed E-state index contributed by atoms with van der Waals surface area (Å²) in [5, 5.41) is 13.1. The number of pyridine rings is 1. The van der Waals surface area contributed by atoms with Crippen LogP contribution in [0.3, 0.4) is 0 Å². The summed E-state index contributed by atoms with van der Waals surface area (Å²) in [6.07, 6.45) is 4.64. The molecule has 0 radical (unpaired) electrons. The number of alkyl halides is 1. The fourth-order valence-corrected chi connectivity index (χ4v) is 4.21. The van der Waals surface area contributed by atoms with Gasteiger partial charge in [-0.1, -0.05) is 31.2 Å². The van der Waals surface area contributed by atoms with Crippen LogP contribution >= 0.6 is 0 Å². The van der Waals surface area contributed by atoms with Gasteiger partial charge in [-0.05, 0) is 24.5 Å². The van der Waals surface area contributed by atoms with Gasteiger partial charge in [0.25, 0.3) is 11.8 Å². The number of rotatable bonds is 4. The topological polar surface area (TPSA) is 91.6 Å². The summed E-state index contributed by atoms with van der Waals surface area (Å²) in [6.45, 7) is 2.84. The first-order valence-electron chi connectivity index (χ1n) is 10.3. The Labute approximate surface area is 183 Å². The molecule has 32 heavy (non-hydrogen) atoms. The zero-order valence-electron chi connectivity index (χ0n) is 17.6. The van der Waals surface area contributed by atoms with Crippen molar-refractivity contribution >= 4 is 11.8 Å². The van der Waals surface area contributed by atoms with E-state index in [1.54, 1.807) is 25.1 Å². The first-order chi connectivity index (χ1) is 15.2. The Balaban J connectivity index is 1.70. The molecule has 1 aromatic carbocycles.